The van der Waals surface area contributed by atoms with Crippen molar-refractivity contribution in [3.8, 4) is 11.8 Å². The van der Waals surface area contributed by atoms with Crippen LogP contribution in [0.15, 0.2) is 90.5 Å². The quantitative estimate of drug-likeness (QED) is 0.163. The van der Waals surface area contributed by atoms with Crippen LogP contribution < -0.4 is 10.1 Å². The number of benzene rings is 3. The third-order valence-corrected chi connectivity index (χ3v) is 5.09. The fourth-order valence-corrected chi connectivity index (χ4v) is 3.35. The Morgan fingerprint density at radius 3 is 2.03 bits per heavy atom. The molecule has 0 unspecified atom stereocenters. The molecule has 5 heteroatoms. The molecule has 0 heterocycles. The summed E-state index contributed by atoms with van der Waals surface area (Å²) < 4.78 is 5.68. The molecule has 0 saturated carbocycles. The molecule has 0 aliphatic heterocycles. The molecular formula is C28H26N2O3. The van der Waals surface area contributed by atoms with Gasteiger partial charge in [-0.15, -0.1) is 0 Å². The lowest BCUT2D eigenvalue weighted by Crippen LogP contribution is -2.25. The molecule has 0 aromatic heterocycles. The first-order valence-corrected chi connectivity index (χ1v) is 10.9. The first-order valence-electron chi connectivity index (χ1n) is 10.9. The average molecular weight is 439 g/mol. The Balaban J connectivity index is 1.74. The van der Waals surface area contributed by atoms with Crippen LogP contribution in [0.5, 0.6) is 5.75 Å². The van der Waals surface area contributed by atoms with Gasteiger partial charge >= 0.3 is 5.97 Å². The Kier molecular flexibility index (Phi) is 8.55. The van der Waals surface area contributed by atoms with Crippen LogP contribution >= 0.6 is 0 Å². The van der Waals surface area contributed by atoms with Gasteiger partial charge in [-0.25, -0.2) is 0 Å². The van der Waals surface area contributed by atoms with Crippen LogP contribution in [0.2, 0.25) is 0 Å². The highest BCUT2D eigenvalue weighted by atomic mass is 16.5. The number of nitriles is 1. The van der Waals surface area contributed by atoms with Gasteiger partial charge in [-0.3, -0.25) is 9.59 Å². The highest BCUT2D eigenvalue weighted by Gasteiger charge is 2.24. The van der Waals surface area contributed by atoms with Gasteiger partial charge in [-0.05, 0) is 41.3 Å². The number of ether oxygens (including phenoxy) is 1. The molecule has 0 aliphatic rings. The van der Waals surface area contributed by atoms with Crippen LogP contribution in [0.25, 0.3) is 6.08 Å². The molecule has 0 aliphatic carbocycles. The normalized spacial score (nSPS) is 11.0. The Labute approximate surface area is 194 Å². The molecule has 166 valence electrons. The van der Waals surface area contributed by atoms with Gasteiger partial charge in [0.15, 0.2) is 0 Å². The lowest BCUT2D eigenvalue weighted by Gasteiger charge is -2.17. The number of hydrogen-bond acceptors (Lipinski definition) is 4. The van der Waals surface area contributed by atoms with E-state index in [-0.39, 0.29) is 11.5 Å². The van der Waals surface area contributed by atoms with Crippen molar-refractivity contribution in [3.63, 3.8) is 0 Å². The number of carbonyl (C=O) groups is 2. The van der Waals surface area contributed by atoms with E-state index in [4.69, 9.17) is 4.74 Å². The monoisotopic (exact) mass is 438 g/mol. The number of carbonyl (C=O) groups excluding carboxylic acids is 2. The van der Waals surface area contributed by atoms with Crippen molar-refractivity contribution >= 4 is 18.0 Å². The number of amides is 1. The summed E-state index contributed by atoms with van der Waals surface area (Å²) in [4.78, 5) is 25.2. The molecule has 0 fully saturated rings. The SMILES string of the molecule is CCCCNC(=O)/C(C#N)=C/c1ccc(OC(=O)C(c2ccccc2)c2ccccc2)cc1. The lowest BCUT2D eigenvalue weighted by molar-refractivity contribution is -0.135. The van der Waals surface area contributed by atoms with Crippen molar-refractivity contribution < 1.29 is 14.3 Å². The minimum atomic E-state index is -0.552. The van der Waals surface area contributed by atoms with E-state index in [9.17, 15) is 14.9 Å². The van der Waals surface area contributed by atoms with E-state index in [1.54, 1.807) is 24.3 Å². The van der Waals surface area contributed by atoms with Gasteiger partial charge in [-0.2, -0.15) is 5.26 Å². The van der Waals surface area contributed by atoms with E-state index in [1.165, 1.54) is 6.08 Å². The second kappa shape index (κ2) is 12.0. The molecule has 33 heavy (non-hydrogen) atoms. The minimum absolute atomic E-state index is 0.0315. The van der Waals surface area contributed by atoms with E-state index in [1.807, 2.05) is 73.7 Å². The number of unbranched alkanes of at least 4 members (excludes halogenated alkanes) is 1. The first-order chi connectivity index (χ1) is 16.1. The van der Waals surface area contributed by atoms with Crippen LogP contribution in [0.4, 0.5) is 0 Å². The van der Waals surface area contributed by atoms with Crippen molar-refractivity contribution in [1.29, 1.82) is 5.26 Å². The van der Waals surface area contributed by atoms with Crippen LogP contribution in [0.3, 0.4) is 0 Å². The topological polar surface area (TPSA) is 79.2 Å². The van der Waals surface area contributed by atoms with E-state index >= 15 is 0 Å². The summed E-state index contributed by atoms with van der Waals surface area (Å²) in [7, 11) is 0. The molecule has 5 nitrogen and oxygen atoms in total. The maximum absolute atomic E-state index is 13.1. The molecule has 0 radical (unpaired) electrons. The van der Waals surface area contributed by atoms with E-state index in [2.05, 4.69) is 5.32 Å². The summed E-state index contributed by atoms with van der Waals surface area (Å²) in [6, 6.07) is 27.7. The van der Waals surface area contributed by atoms with Gasteiger partial charge in [-0.1, -0.05) is 86.1 Å². The van der Waals surface area contributed by atoms with Crippen molar-refractivity contribution in [2.24, 2.45) is 0 Å². The Bertz CT molecular complexity index is 1090. The fraction of sp³-hybridized carbons (Fsp3) is 0.179. The lowest BCUT2D eigenvalue weighted by atomic mass is 9.91. The molecule has 3 aromatic carbocycles. The summed E-state index contributed by atoms with van der Waals surface area (Å²) in [5.41, 5.74) is 2.39. The van der Waals surface area contributed by atoms with Gasteiger partial charge in [0.1, 0.15) is 23.3 Å². The van der Waals surface area contributed by atoms with E-state index < -0.39 is 11.8 Å². The molecular weight excluding hydrogens is 412 g/mol. The van der Waals surface area contributed by atoms with Crippen molar-refractivity contribution in [1.82, 2.24) is 5.32 Å². The second-order valence-electron chi connectivity index (χ2n) is 7.52. The molecule has 1 N–H and O–H groups in total. The van der Waals surface area contributed by atoms with Crippen LogP contribution in [-0.2, 0) is 9.59 Å². The number of nitrogens with one attached hydrogen (secondary N) is 1. The van der Waals surface area contributed by atoms with Crippen LogP contribution in [0.1, 0.15) is 42.4 Å². The van der Waals surface area contributed by atoms with Gasteiger partial charge in [0, 0.05) is 6.54 Å². The van der Waals surface area contributed by atoms with E-state index in [0.717, 1.165) is 24.0 Å². The zero-order valence-electron chi connectivity index (χ0n) is 18.5. The standard InChI is InChI=1S/C28H26N2O3/c1-2-3-18-30-27(31)24(20-29)19-21-14-16-25(17-15-21)33-28(32)26(22-10-6-4-7-11-22)23-12-8-5-9-13-23/h4-17,19,26H,2-3,18H2,1H3,(H,30,31)/b24-19+. The molecule has 3 aromatic rings. The summed E-state index contributed by atoms with van der Waals surface area (Å²) in [6.07, 6.45) is 3.34. The van der Waals surface area contributed by atoms with Crippen LogP contribution in [-0.4, -0.2) is 18.4 Å². The first kappa shape index (κ1) is 23.5. The predicted octanol–water partition coefficient (Wildman–Crippen LogP) is 5.25. The smallest absolute Gasteiger partial charge is 0.323 e. The molecule has 0 spiro atoms. The summed E-state index contributed by atoms with van der Waals surface area (Å²) in [5.74, 6) is -0.942. The third kappa shape index (κ3) is 6.65. The maximum Gasteiger partial charge on any atom is 0.323 e. The number of rotatable bonds is 9. The van der Waals surface area contributed by atoms with Gasteiger partial charge in [0.25, 0.3) is 5.91 Å². The zero-order chi connectivity index (χ0) is 23.5. The van der Waals surface area contributed by atoms with Crippen molar-refractivity contribution in [2.75, 3.05) is 6.54 Å². The van der Waals surface area contributed by atoms with Crippen molar-refractivity contribution in [2.45, 2.75) is 25.7 Å². The Morgan fingerprint density at radius 2 is 1.52 bits per heavy atom. The number of nitrogens with zero attached hydrogens (tertiary/aromatic N) is 1. The predicted molar refractivity (Wildman–Crippen MR) is 128 cm³/mol. The van der Waals surface area contributed by atoms with Crippen LogP contribution in [0, 0.1) is 11.3 Å². The summed E-state index contributed by atoms with van der Waals surface area (Å²) in [6.45, 7) is 2.57. The molecule has 3 rings (SSSR count). The zero-order valence-corrected chi connectivity index (χ0v) is 18.5. The minimum Gasteiger partial charge on any atom is -0.426 e. The second-order valence-corrected chi connectivity index (χ2v) is 7.52. The molecule has 0 atom stereocenters. The summed E-state index contributed by atoms with van der Waals surface area (Å²) >= 11 is 0. The average Bonchev–Trinajstić information content (AvgIpc) is 2.85. The number of esters is 1. The summed E-state index contributed by atoms with van der Waals surface area (Å²) in [5, 5.41) is 12.1. The fourth-order valence-electron chi connectivity index (χ4n) is 3.35. The van der Waals surface area contributed by atoms with Gasteiger partial charge in [0.05, 0.1) is 0 Å². The Morgan fingerprint density at radius 1 is 0.939 bits per heavy atom. The van der Waals surface area contributed by atoms with Crippen molar-refractivity contribution in [3.05, 3.63) is 107 Å². The van der Waals surface area contributed by atoms with Gasteiger partial charge in [0.2, 0.25) is 0 Å². The van der Waals surface area contributed by atoms with Gasteiger partial charge < -0.3 is 10.1 Å². The molecule has 0 saturated heterocycles. The van der Waals surface area contributed by atoms with E-state index in [0.29, 0.717) is 17.9 Å². The largest absolute Gasteiger partial charge is 0.426 e. The Hall–Kier alpha value is -4.17. The number of hydrogen-bond donors (Lipinski definition) is 1. The maximum atomic E-state index is 13.1. The highest BCUT2D eigenvalue weighted by molar-refractivity contribution is 6.01. The third-order valence-electron chi connectivity index (χ3n) is 5.09. The molecule has 0 bridgehead atoms. The molecule has 1 amide bonds. The highest BCUT2D eigenvalue weighted by Crippen LogP contribution is 2.27.